The number of thiophene rings is 1. The molecule has 0 saturated heterocycles. The summed E-state index contributed by atoms with van der Waals surface area (Å²) in [4.78, 5) is 0. The lowest BCUT2D eigenvalue weighted by atomic mass is 10.1. The topological polar surface area (TPSA) is 26.0 Å². The largest absolute Gasteiger partial charge is 0.390 e. The number of nitrogens with two attached hydrogens (primary N) is 1. The third-order valence-electron chi connectivity index (χ3n) is 1.86. The molecule has 3 heteroatoms. The Balaban J connectivity index is 2.59. The lowest BCUT2D eigenvalue weighted by Crippen LogP contribution is -1.83. The number of anilines is 1. The Hall–Kier alpha value is -0.990. The zero-order valence-corrected chi connectivity index (χ0v) is 8.40. The summed E-state index contributed by atoms with van der Waals surface area (Å²) < 4.78 is 0. The maximum Gasteiger partial charge on any atom is 0.0936 e. The first-order chi connectivity index (χ1) is 6.29. The van der Waals surface area contributed by atoms with E-state index in [0.29, 0.717) is 0 Å². The molecule has 0 bridgehead atoms. The fourth-order valence-electron chi connectivity index (χ4n) is 1.22. The van der Waals surface area contributed by atoms with Gasteiger partial charge in [0.1, 0.15) is 0 Å². The van der Waals surface area contributed by atoms with E-state index in [0.717, 1.165) is 21.2 Å². The molecule has 0 aliphatic heterocycles. The SMILES string of the molecule is Nc1sccc1-c1ccccc1Cl. The van der Waals surface area contributed by atoms with Crippen molar-refractivity contribution < 1.29 is 0 Å². The van der Waals surface area contributed by atoms with Crippen molar-refractivity contribution in [1.29, 1.82) is 0 Å². The van der Waals surface area contributed by atoms with Crippen LogP contribution in [-0.4, -0.2) is 0 Å². The molecule has 2 rings (SSSR count). The van der Waals surface area contributed by atoms with Crippen LogP contribution in [-0.2, 0) is 0 Å². The van der Waals surface area contributed by atoms with Crippen molar-refractivity contribution in [3.05, 3.63) is 40.7 Å². The van der Waals surface area contributed by atoms with E-state index in [9.17, 15) is 0 Å². The van der Waals surface area contributed by atoms with Crippen molar-refractivity contribution in [2.45, 2.75) is 0 Å². The van der Waals surface area contributed by atoms with E-state index in [1.807, 2.05) is 35.7 Å². The van der Waals surface area contributed by atoms with Crippen molar-refractivity contribution >= 4 is 27.9 Å². The van der Waals surface area contributed by atoms with Crippen LogP contribution in [0.5, 0.6) is 0 Å². The van der Waals surface area contributed by atoms with Gasteiger partial charge in [0.15, 0.2) is 0 Å². The van der Waals surface area contributed by atoms with Gasteiger partial charge in [-0.15, -0.1) is 11.3 Å². The molecule has 0 spiro atoms. The maximum atomic E-state index is 6.04. The number of nitrogen functional groups attached to an aromatic ring is 1. The lowest BCUT2D eigenvalue weighted by Gasteiger charge is -2.01. The van der Waals surface area contributed by atoms with Gasteiger partial charge in [-0.1, -0.05) is 29.8 Å². The summed E-state index contributed by atoms with van der Waals surface area (Å²) in [7, 11) is 0. The van der Waals surface area contributed by atoms with E-state index in [2.05, 4.69) is 0 Å². The smallest absolute Gasteiger partial charge is 0.0936 e. The average Bonchev–Trinajstić information content (AvgIpc) is 2.52. The molecule has 0 radical (unpaired) electrons. The monoisotopic (exact) mass is 209 g/mol. The summed E-state index contributed by atoms with van der Waals surface area (Å²) in [6, 6.07) is 9.70. The Kier molecular flexibility index (Phi) is 2.25. The Morgan fingerprint density at radius 1 is 1.08 bits per heavy atom. The van der Waals surface area contributed by atoms with Crippen molar-refractivity contribution in [3.63, 3.8) is 0 Å². The quantitative estimate of drug-likeness (QED) is 0.763. The maximum absolute atomic E-state index is 6.04. The van der Waals surface area contributed by atoms with E-state index >= 15 is 0 Å². The van der Waals surface area contributed by atoms with Crippen LogP contribution < -0.4 is 5.73 Å². The molecule has 0 aliphatic rings. The van der Waals surface area contributed by atoms with Gasteiger partial charge >= 0.3 is 0 Å². The first kappa shape index (κ1) is 8.60. The fourth-order valence-corrected chi connectivity index (χ4v) is 2.12. The highest BCUT2D eigenvalue weighted by Gasteiger charge is 2.06. The molecule has 0 atom stereocenters. The highest BCUT2D eigenvalue weighted by Crippen LogP contribution is 2.34. The molecule has 1 aromatic carbocycles. The second-order valence-electron chi connectivity index (χ2n) is 2.68. The van der Waals surface area contributed by atoms with Crippen LogP contribution in [0.15, 0.2) is 35.7 Å². The molecule has 2 aromatic rings. The van der Waals surface area contributed by atoms with Gasteiger partial charge < -0.3 is 5.73 Å². The predicted molar refractivity (Wildman–Crippen MR) is 59.2 cm³/mol. The summed E-state index contributed by atoms with van der Waals surface area (Å²) >= 11 is 7.56. The van der Waals surface area contributed by atoms with Crippen molar-refractivity contribution in [2.75, 3.05) is 5.73 Å². The van der Waals surface area contributed by atoms with Gasteiger partial charge in [0.25, 0.3) is 0 Å². The van der Waals surface area contributed by atoms with Crippen molar-refractivity contribution in [2.24, 2.45) is 0 Å². The Labute approximate surface area is 85.8 Å². The van der Waals surface area contributed by atoms with Crippen LogP contribution in [0.3, 0.4) is 0 Å². The van der Waals surface area contributed by atoms with Crippen LogP contribution >= 0.6 is 22.9 Å². The zero-order chi connectivity index (χ0) is 9.26. The van der Waals surface area contributed by atoms with Crippen LogP contribution in [0.1, 0.15) is 0 Å². The second-order valence-corrected chi connectivity index (χ2v) is 4.03. The highest BCUT2D eigenvalue weighted by atomic mass is 35.5. The number of benzene rings is 1. The number of halogens is 1. The molecule has 13 heavy (non-hydrogen) atoms. The van der Waals surface area contributed by atoms with E-state index < -0.39 is 0 Å². The summed E-state index contributed by atoms with van der Waals surface area (Å²) in [5.74, 6) is 0. The fraction of sp³-hybridized carbons (Fsp3) is 0. The molecule has 0 amide bonds. The molecule has 0 fully saturated rings. The predicted octanol–water partition coefficient (Wildman–Crippen LogP) is 3.65. The van der Waals surface area contributed by atoms with Gasteiger partial charge in [-0.3, -0.25) is 0 Å². The molecular weight excluding hydrogens is 202 g/mol. The second kappa shape index (κ2) is 3.40. The van der Waals surface area contributed by atoms with E-state index in [-0.39, 0.29) is 0 Å². The van der Waals surface area contributed by atoms with Gasteiger partial charge in [-0.05, 0) is 17.5 Å². The lowest BCUT2D eigenvalue weighted by molar-refractivity contribution is 1.67. The third kappa shape index (κ3) is 1.55. The Morgan fingerprint density at radius 3 is 2.46 bits per heavy atom. The molecule has 0 saturated carbocycles. The summed E-state index contributed by atoms with van der Waals surface area (Å²) in [6.07, 6.45) is 0. The number of hydrogen-bond donors (Lipinski definition) is 1. The van der Waals surface area contributed by atoms with Crippen molar-refractivity contribution in [3.8, 4) is 11.1 Å². The summed E-state index contributed by atoms with van der Waals surface area (Å²) in [6.45, 7) is 0. The molecule has 2 N–H and O–H groups in total. The molecule has 1 aromatic heterocycles. The van der Waals surface area contributed by atoms with Crippen LogP contribution in [0.2, 0.25) is 5.02 Å². The zero-order valence-electron chi connectivity index (χ0n) is 6.83. The van der Waals surface area contributed by atoms with E-state index in [1.165, 1.54) is 11.3 Å². The summed E-state index contributed by atoms with van der Waals surface area (Å²) in [5, 5.41) is 3.52. The van der Waals surface area contributed by atoms with Crippen molar-refractivity contribution in [1.82, 2.24) is 0 Å². The summed E-state index contributed by atoms with van der Waals surface area (Å²) in [5.41, 5.74) is 7.83. The van der Waals surface area contributed by atoms with E-state index in [4.69, 9.17) is 17.3 Å². The van der Waals surface area contributed by atoms with Gasteiger partial charge in [-0.2, -0.15) is 0 Å². The standard InChI is InChI=1S/C10H8ClNS/c11-9-4-2-1-3-7(9)8-5-6-13-10(8)12/h1-6H,12H2. The minimum Gasteiger partial charge on any atom is -0.390 e. The van der Waals surface area contributed by atoms with E-state index in [1.54, 1.807) is 0 Å². The Morgan fingerprint density at radius 2 is 1.85 bits per heavy atom. The molecular formula is C10H8ClNS. The van der Waals surface area contributed by atoms with Gasteiger partial charge in [0.2, 0.25) is 0 Å². The first-order valence-electron chi connectivity index (χ1n) is 3.87. The molecule has 1 heterocycles. The van der Waals surface area contributed by atoms with Crippen LogP contribution in [0.4, 0.5) is 5.00 Å². The minimum absolute atomic E-state index is 0.743. The molecule has 1 nitrogen and oxygen atoms in total. The normalized spacial score (nSPS) is 10.2. The van der Waals surface area contributed by atoms with Gasteiger partial charge in [0.05, 0.1) is 5.00 Å². The first-order valence-corrected chi connectivity index (χ1v) is 5.12. The van der Waals surface area contributed by atoms with Gasteiger partial charge in [-0.25, -0.2) is 0 Å². The molecule has 0 unspecified atom stereocenters. The highest BCUT2D eigenvalue weighted by molar-refractivity contribution is 7.14. The minimum atomic E-state index is 0.743. The molecule has 66 valence electrons. The molecule has 0 aliphatic carbocycles. The third-order valence-corrected chi connectivity index (χ3v) is 2.93. The number of hydrogen-bond acceptors (Lipinski definition) is 2. The van der Waals surface area contributed by atoms with Crippen LogP contribution in [0.25, 0.3) is 11.1 Å². The Bertz CT molecular complexity index is 422. The average molecular weight is 210 g/mol. The van der Waals surface area contributed by atoms with Crippen LogP contribution in [0, 0.1) is 0 Å². The number of rotatable bonds is 1. The van der Waals surface area contributed by atoms with Gasteiger partial charge in [0, 0.05) is 16.1 Å².